The van der Waals surface area contributed by atoms with Crippen LogP contribution in [0.4, 0.5) is 0 Å². The van der Waals surface area contributed by atoms with E-state index < -0.39 is 0 Å². The molecule has 0 aliphatic heterocycles. The van der Waals surface area contributed by atoms with Gasteiger partial charge in [-0.3, -0.25) is 4.99 Å². The molecule has 0 heterocycles. The fourth-order valence-corrected chi connectivity index (χ4v) is 2.52. The highest BCUT2D eigenvalue weighted by molar-refractivity contribution is 14.0. The standard InChI is InChI=1S/C15H23N3S.HI/c1-11-9-14(11)17-15(16-2)18(3)10-12-5-7-13(19-4)8-6-12;/h5-8,11,14H,9-10H2,1-4H3,(H,16,17);1H. The van der Waals surface area contributed by atoms with Crippen LogP contribution >= 0.6 is 35.7 Å². The second-order valence-electron chi connectivity index (χ2n) is 5.22. The van der Waals surface area contributed by atoms with E-state index in [0.717, 1.165) is 18.4 Å². The summed E-state index contributed by atoms with van der Waals surface area (Å²) in [5, 5.41) is 3.50. The molecule has 1 aromatic carbocycles. The van der Waals surface area contributed by atoms with E-state index in [4.69, 9.17) is 0 Å². The van der Waals surface area contributed by atoms with Crippen molar-refractivity contribution in [2.75, 3.05) is 20.4 Å². The van der Waals surface area contributed by atoms with E-state index in [0.29, 0.717) is 6.04 Å². The Bertz CT molecular complexity index is 447. The second-order valence-corrected chi connectivity index (χ2v) is 6.09. The maximum absolute atomic E-state index is 4.36. The number of halogens is 1. The zero-order chi connectivity index (χ0) is 13.8. The third-order valence-corrected chi connectivity index (χ3v) is 4.32. The molecule has 1 N–H and O–H groups in total. The van der Waals surface area contributed by atoms with Gasteiger partial charge in [0.2, 0.25) is 0 Å². The monoisotopic (exact) mass is 405 g/mol. The molecular weight excluding hydrogens is 381 g/mol. The third kappa shape index (κ3) is 4.84. The van der Waals surface area contributed by atoms with E-state index in [1.54, 1.807) is 11.8 Å². The summed E-state index contributed by atoms with van der Waals surface area (Å²) in [6.45, 7) is 3.15. The fourth-order valence-electron chi connectivity index (χ4n) is 2.11. The molecule has 20 heavy (non-hydrogen) atoms. The molecule has 1 saturated carbocycles. The Kier molecular flexibility index (Phi) is 7.15. The van der Waals surface area contributed by atoms with Crippen LogP contribution in [0.5, 0.6) is 0 Å². The van der Waals surface area contributed by atoms with Gasteiger partial charge >= 0.3 is 0 Å². The average molecular weight is 405 g/mol. The van der Waals surface area contributed by atoms with Crippen molar-refractivity contribution in [3.8, 4) is 0 Å². The summed E-state index contributed by atoms with van der Waals surface area (Å²) in [4.78, 5) is 7.85. The lowest BCUT2D eigenvalue weighted by Crippen LogP contribution is -2.40. The molecule has 0 bridgehead atoms. The third-order valence-electron chi connectivity index (χ3n) is 3.58. The van der Waals surface area contributed by atoms with Gasteiger partial charge in [0, 0.05) is 31.6 Å². The van der Waals surface area contributed by atoms with Crippen LogP contribution in [-0.2, 0) is 6.54 Å². The number of aliphatic imine (C=N–C) groups is 1. The molecule has 1 fully saturated rings. The molecule has 1 aliphatic carbocycles. The Morgan fingerprint density at radius 1 is 1.40 bits per heavy atom. The van der Waals surface area contributed by atoms with Crippen LogP contribution in [0.3, 0.4) is 0 Å². The van der Waals surface area contributed by atoms with Crippen LogP contribution in [0.1, 0.15) is 18.9 Å². The highest BCUT2D eigenvalue weighted by Gasteiger charge is 2.33. The summed E-state index contributed by atoms with van der Waals surface area (Å²) in [7, 11) is 3.94. The number of guanidine groups is 1. The summed E-state index contributed by atoms with van der Waals surface area (Å²) in [5.74, 6) is 1.77. The number of thioether (sulfide) groups is 1. The summed E-state index contributed by atoms with van der Waals surface area (Å²) >= 11 is 1.77. The van der Waals surface area contributed by atoms with Gasteiger partial charge in [-0.15, -0.1) is 35.7 Å². The molecular formula is C15H24IN3S. The molecule has 112 valence electrons. The van der Waals surface area contributed by atoms with Gasteiger partial charge < -0.3 is 10.2 Å². The van der Waals surface area contributed by atoms with Crippen molar-refractivity contribution in [3.05, 3.63) is 29.8 Å². The summed E-state index contributed by atoms with van der Waals surface area (Å²) in [6, 6.07) is 9.34. The first-order valence-corrected chi connectivity index (χ1v) is 7.94. The Balaban J connectivity index is 0.00000200. The molecule has 1 aromatic rings. The lowest BCUT2D eigenvalue weighted by molar-refractivity contribution is 0.474. The summed E-state index contributed by atoms with van der Waals surface area (Å²) in [6.07, 6.45) is 3.36. The molecule has 0 saturated heterocycles. The summed E-state index contributed by atoms with van der Waals surface area (Å²) in [5.41, 5.74) is 1.31. The van der Waals surface area contributed by atoms with Gasteiger partial charge in [0.25, 0.3) is 0 Å². The van der Waals surface area contributed by atoms with Crippen LogP contribution in [0, 0.1) is 5.92 Å². The Hall–Kier alpha value is -0.430. The molecule has 2 unspecified atom stereocenters. The fraction of sp³-hybridized carbons (Fsp3) is 0.533. The van der Waals surface area contributed by atoms with Crippen LogP contribution in [0.15, 0.2) is 34.2 Å². The van der Waals surface area contributed by atoms with Crippen LogP contribution in [-0.4, -0.2) is 37.3 Å². The maximum atomic E-state index is 4.36. The van der Waals surface area contributed by atoms with Gasteiger partial charge in [0.15, 0.2) is 5.96 Å². The zero-order valence-corrected chi connectivity index (χ0v) is 15.7. The smallest absolute Gasteiger partial charge is 0.193 e. The Morgan fingerprint density at radius 3 is 2.45 bits per heavy atom. The van der Waals surface area contributed by atoms with Gasteiger partial charge in [-0.1, -0.05) is 19.1 Å². The van der Waals surface area contributed by atoms with Gasteiger partial charge in [-0.05, 0) is 36.3 Å². The van der Waals surface area contributed by atoms with E-state index >= 15 is 0 Å². The number of hydrogen-bond donors (Lipinski definition) is 1. The normalized spacial score (nSPS) is 21.1. The van der Waals surface area contributed by atoms with Crippen LogP contribution < -0.4 is 5.32 Å². The predicted molar refractivity (Wildman–Crippen MR) is 99.2 cm³/mol. The van der Waals surface area contributed by atoms with Gasteiger partial charge in [-0.2, -0.15) is 0 Å². The summed E-state index contributed by atoms with van der Waals surface area (Å²) < 4.78 is 0. The molecule has 0 spiro atoms. The predicted octanol–water partition coefficient (Wildman–Crippen LogP) is 3.44. The van der Waals surface area contributed by atoms with E-state index in [9.17, 15) is 0 Å². The van der Waals surface area contributed by atoms with Crippen molar-refractivity contribution in [1.29, 1.82) is 0 Å². The van der Waals surface area contributed by atoms with Crippen LogP contribution in [0.2, 0.25) is 0 Å². The Labute approximate surface area is 143 Å². The molecule has 2 rings (SSSR count). The van der Waals surface area contributed by atoms with Crippen molar-refractivity contribution in [1.82, 2.24) is 10.2 Å². The SMILES string of the molecule is CN=C(NC1CC1C)N(C)Cc1ccc(SC)cc1.I. The van der Waals surface area contributed by atoms with Crippen molar-refractivity contribution in [3.63, 3.8) is 0 Å². The van der Waals surface area contributed by atoms with Gasteiger partial charge in [-0.25, -0.2) is 0 Å². The average Bonchev–Trinajstić information content (AvgIpc) is 3.12. The van der Waals surface area contributed by atoms with Crippen LogP contribution in [0.25, 0.3) is 0 Å². The minimum absolute atomic E-state index is 0. The number of benzene rings is 1. The second kappa shape index (κ2) is 8.12. The topological polar surface area (TPSA) is 27.6 Å². The number of rotatable bonds is 4. The maximum Gasteiger partial charge on any atom is 0.193 e. The van der Waals surface area contributed by atoms with Crippen molar-refractivity contribution < 1.29 is 0 Å². The van der Waals surface area contributed by atoms with E-state index in [1.165, 1.54) is 16.9 Å². The number of nitrogens with zero attached hydrogens (tertiary/aromatic N) is 2. The first-order chi connectivity index (χ1) is 9.13. The molecule has 0 aromatic heterocycles. The minimum atomic E-state index is 0. The molecule has 1 aliphatic rings. The zero-order valence-electron chi connectivity index (χ0n) is 12.6. The van der Waals surface area contributed by atoms with Gasteiger partial charge in [0.1, 0.15) is 0 Å². The van der Waals surface area contributed by atoms with Crippen molar-refractivity contribution in [2.45, 2.75) is 30.8 Å². The highest BCUT2D eigenvalue weighted by Crippen LogP contribution is 2.29. The molecule has 3 nitrogen and oxygen atoms in total. The van der Waals surface area contributed by atoms with E-state index in [1.807, 2.05) is 7.05 Å². The van der Waals surface area contributed by atoms with E-state index in [2.05, 4.69) is 59.7 Å². The Morgan fingerprint density at radius 2 is 2.00 bits per heavy atom. The first-order valence-electron chi connectivity index (χ1n) is 6.71. The lowest BCUT2D eigenvalue weighted by Gasteiger charge is -2.22. The molecule has 2 atom stereocenters. The molecule has 5 heteroatoms. The molecule has 0 amide bonds. The van der Waals surface area contributed by atoms with Crippen molar-refractivity contribution >= 4 is 41.7 Å². The van der Waals surface area contributed by atoms with Crippen molar-refractivity contribution in [2.24, 2.45) is 10.9 Å². The largest absolute Gasteiger partial charge is 0.353 e. The van der Waals surface area contributed by atoms with E-state index in [-0.39, 0.29) is 24.0 Å². The van der Waals surface area contributed by atoms with Gasteiger partial charge in [0.05, 0.1) is 0 Å². The molecule has 0 radical (unpaired) electrons. The lowest BCUT2D eigenvalue weighted by atomic mass is 10.2. The highest BCUT2D eigenvalue weighted by atomic mass is 127. The minimum Gasteiger partial charge on any atom is -0.353 e. The number of hydrogen-bond acceptors (Lipinski definition) is 2. The number of nitrogens with one attached hydrogen (secondary N) is 1. The quantitative estimate of drug-likeness (QED) is 0.360. The first kappa shape index (κ1) is 17.6.